The fourth-order valence-corrected chi connectivity index (χ4v) is 3.90. The molecule has 4 nitrogen and oxygen atoms in total. The highest BCUT2D eigenvalue weighted by molar-refractivity contribution is 7.89. The molecule has 0 aliphatic heterocycles. The maximum absolute atomic E-state index is 12.2. The van der Waals surface area contributed by atoms with E-state index < -0.39 is 10.0 Å². The van der Waals surface area contributed by atoms with E-state index >= 15 is 0 Å². The van der Waals surface area contributed by atoms with Crippen LogP contribution in [0.1, 0.15) is 26.7 Å². The lowest BCUT2D eigenvalue weighted by Crippen LogP contribution is -2.37. The van der Waals surface area contributed by atoms with E-state index in [9.17, 15) is 8.42 Å². The summed E-state index contributed by atoms with van der Waals surface area (Å²) in [6, 6.07) is 6.43. The number of benzene rings is 1. The quantitative estimate of drug-likeness (QED) is 0.823. The summed E-state index contributed by atoms with van der Waals surface area (Å²) >= 11 is 0. The number of hydrogen-bond acceptors (Lipinski definition) is 3. The van der Waals surface area contributed by atoms with Crippen molar-refractivity contribution in [2.75, 3.05) is 5.73 Å². The van der Waals surface area contributed by atoms with E-state index in [-0.39, 0.29) is 10.9 Å². The number of anilines is 1. The molecule has 1 aromatic carbocycles. The molecule has 1 fully saturated rings. The molecule has 0 saturated heterocycles. The Balaban J connectivity index is 2.18. The summed E-state index contributed by atoms with van der Waals surface area (Å²) in [6.45, 7) is 4.27. The second-order valence-corrected chi connectivity index (χ2v) is 6.93. The standard InChI is InChI=1S/C13H20N2O2S/c1-9-6-7-13(10(9)2)15-18(16,17)12-5-3-4-11(14)8-12/h3-5,8-10,13,15H,6-7,14H2,1-2H3. The van der Waals surface area contributed by atoms with Crippen LogP contribution >= 0.6 is 0 Å². The van der Waals surface area contributed by atoms with Crippen LogP contribution in [0, 0.1) is 11.8 Å². The van der Waals surface area contributed by atoms with Crippen molar-refractivity contribution in [3.8, 4) is 0 Å². The molecule has 3 unspecified atom stereocenters. The van der Waals surface area contributed by atoms with Crippen molar-refractivity contribution in [3.63, 3.8) is 0 Å². The highest BCUT2D eigenvalue weighted by Gasteiger charge is 2.32. The summed E-state index contributed by atoms with van der Waals surface area (Å²) in [5.41, 5.74) is 6.08. The van der Waals surface area contributed by atoms with Crippen molar-refractivity contribution in [1.29, 1.82) is 0 Å². The number of nitrogens with one attached hydrogen (secondary N) is 1. The molecular formula is C13H20N2O2S. The molecule has 1 aliphatic rings. The maximum atomic E-state index is 12.2. The third kappa shape index (κ3) is 2.67. The van der Waals surface area contributed by atoms with Crippen LogP contribution in [0.25, 0.3) is 0 Å². The third-order valence-electron chi connectivity index (χ3n) is 3.94. The minimum atomic E-state index is -3.45. The van der Waals surface area contributed by atoms with Gasteiger partial charge in [0.25, 0.3) is 0 Å². The molecule has 0 aromatic heterocycles. The van der Waals surface area contributed by atoms with Gasteiger partial charge >= 0.3 is 0 Å². The zero-order chi connectivity index (χ0) is 13.3. The number of sulfonamides is 1. The average Bonchev–Trinajstić information content (AvgIpc) is 2.61. The molecule has 1 saturated carbocycles. The first-order chi connectivity index (χ1) is 8.40. The normalized spacial score (nSPS) is 28.4. The first kappa shape index (κ1) is 13.4. The smallest absolute Gasteiger partial charge is 0.240 e. The first-order valence-corrected chi connectivity index (χ1v) is 7.76. The molecule has 0 radical (unpaired) electrons. The van der Waals surface area contributed by atoms with Crippen LogP contribution in [0.15, 0.2) is 29.2 Å². The second-order valence-electron chi connectivity index (χ2n) is 5.21. The van der Waals surface area contributed by atoms with E-state index in [2.05, 4.69) is 18.6 Å². The minimum Gasteiger partial charge on any atom is -0.399 e. The van der Waals surface area contributed by atoms with E-state index in [0.29, 0.717) is 17.5 Å². The maximum Gasteiger partial charge on any atom is 0.240 e. The predicted molar refractivity (Wildman–Crippen MR) is 72.5 cm³/mol. The Morgan fingerprint density at radius 3 is 2.56 bits per heavy atom. The molecular weight excluding hydrogens is 248 g/mol. The Kier molecular flexibility index (Phi) is 3.64. The summed E-state index contributed by atoms with van der Waals surface area (Å²) in [5.74, 6) is 0.944. The number of rotatable bonds is 3. The predicted octanol–water partition coefficient (Wildman–Crippen LogP) is 1.98. The highest BCUT2D eigenvalue weighted by Crippen LogP contribution is 2.32. The minimum absolute atomic E-state index is 0.0337. The summed E-state index contributed by atoms with van der Waals surface area (Å²) in [5, 5.41) is 0. The third-order valence-corrected chi connectivity index (χ3v) is 5.43. The van der Waals surface area contributed by atoms with Gasteiger partial charge in [-0.15, -0.1) is 0 Å². The van der Waals surface area contributed by atoms with Gasteiger partial charge in [0.1, 0.15) is 0 Å². The second kappa shape index (κ2) is 4.90. The summed E-state index contributed by atoms with van der Waals surface area (Å²) < 4.78 is 27.2. The van der Waals surface area contributed by atoms with Crippen LogP contribution in [0.4, 0.5) is 5.69 Å². The molecule has 0 heterocycles. The van der Waals surface area contributed by atoms with Gasteiger partial charge in [-0.3, -0.25) is 0 Å². The van der Waals surface area contributed by atoms with Gasteiger partial charge in [0.2, 0.25) is 10.0 Å². The number of nitrogens with two attached hydrogens (primary N) is 1. The largest absolute Gasteiger partial charge is 0.399 e. The average molecular weight is 268 g/mol. The molecule has 0 spiro atoms. The van der Waals surface area contributed by atoms with Crippen molar-refractivity contribution in [1.82, 2.24) is 4.72 Å². The van der Waals surface area contributed by atoms with Crippen molar-refractivity contribution < 1.29 is 8.42 Å². The fourth-order valence-electron chi connectivity index (χ4n) is 2.48. The van der Waals surface area contributed by atoms with Crippen molar-refractivity contribution in [3.05, 3.63) is 24.3 Å². The molecule has 1 aliphatic carbocycles. The van der Waals surface area contributed by atoms with Crippen molar-refractivity contribution in [2.45, 2.75) is 37.6 Å². The molecule has 5 heteroatoms. The van der Waals surface area contributed by atoms with Gasteiger partial charge < -0.3 is 5.73 Å². The van der Waals surface area contributed by atoms with Crippen LogP contribution < -0.4 is 10.5 Å². The van der Waals surface area contributed by atoms with Gasteiger partial charge in [0, 0.05) is 11.7 Å². The van der Waals surface area contributed by atoms with Gasteiger partial charge in [0.05, 0.1) is 4.90 Å². The van der Waals surface area contributed by atoms with Crippen LogP contribution in [0.5, 0.6) is 0 Å². The lowest BCUT2D eigenvalue weighted by Gasteiger charge is -2.19. The van der Waals surface area contributed by atoms with Crippen LogP contribution in [0.3, 0.4) is 0 Å². The van der Waals surface area contributed by atoms with Crippen LogP contribution in [-0.4, -0.2) is 14.5 Å². The Morgan fingerprint density at radius 1 is 1.28 bits per heavy atom. The molecule has 18 heavy (non-hydrogen) atoms. The Bertz CT molecular complexity index is 528. The van der Waals surface area contributed by atoms with Crippen molar-refractivity contribution >= 4 is 15.7 Å². The van der Waals surface area contributed by atoms with Crippen molar-refractivity contribution in [2.24, 2.45) is 11.8 Å². The van der Waals surface area contributed by atoms with E-state index in [4.69, 9.17) is 5.73 Å². The SMILES string of the molecule is CC1CCC(NS(=O)(=O)c2cccc(N)c2)C1C. The summed E-state index contributed by atoms with van der Waals surface area (Å²) in [4.78, 5) is 0.245. The lowest BCUT2D eigenvalue weighted by molar-refractivity contribution is 0.402. The fraction of sp³-hybridized carbons (Fsp3) is 0.538. The van der Waals surface area contributed by atoms with Gasteiger partial charge in [0.15, 0.2) is 0 Å². The molecule has 100 valence electrons. The zero-order valence-corrected chi connectivity index (χ0v) is 11.6. The topological polar surface area (TPSA) is 72.2 Å². The van der Waals surface area contributed by atoms with E-state index in [1.54, 1.807) is 18.2 Å². The molecule has 0 bridgehead atoms. The highest BCUT2D eigenvalue weighted by atomic mass is 32.2. The number of nitrogen functional groups attached to an aromatic ring is 1. The van der Waals surface area contributed by atoms with E-state index in [1.807, 2.05) is 0 Å². The molecule has 3 atom stereocenters. The molecule has 2 rings (SSSR count). The van der Waals surface area contributed by atoms with Crippen LogP contribution in [-0.2, 0) is 10.0 Å². The van der Waals surface area contributed by atoms with E-state index in [1.165, 1.54) is 6.07 Å². The number of hydrogen-bond donors (Lipinski definition) is 2. The van der Waals surface area contributed by atoms with Crippen LogP contribution in [0.2, 0.25) is 0 Å². The Hall–Kier alpha value is -1.07. The summed E-state index contributed by atoms with van der Waals surface area (Å²) in [6.07, 6.45) is 1.98. The Labute approximate surface area is 109 Å². The summed E-state index contributed by atoms with van der Waals surface area (Å²) in [7, 11) is -3.45. The lowest BCUT2D eigenvalue weighted by atomic mass is 9.98. The first-order valence-electron chi connectivity index (χ1n) is 6.28. The van der Waals surface area contributed by atoms with E-state index in [0.717, 1.165) is 12.8 Å². The molecule has 0 amide bonds. The molecule has 3 N–H and O–H groups in total. The van der Waals surface area contributed by atoms with Gasteiger partial charge in [-0.1, -0.05) is 19.9 Å². The van der Waals surface area contributed by atoms with Gasteiger partial charge in [-0.25, -0.2) is 13.1 Å². The molecule has 1 aromatic rings. The van der Waals surface area contributed by atoms with Gasteiger partial charge in [-0.05, 0) is 42.9 Å². The Morgan fingerprint density at radius 2 is 2.00 bits per heavy atom. The monoisotopic (exact) mass is 268 g/mol. The zero-order valence-electron chi connectivity index (χ0n) is 10.8. The van der Waals surface area contributed by atoms with Gasteiger partial charge in [-0.2, -0.15) is 0 Å².